The molecule has 0 saturated heterocycles. The van der Waals surface area contributed by atoms with Crippen LogP contribution in [0, 0.1) is 0 Å². The van der Waals surface area contributed by atoms with E-state index >= 15 is 0 Å². The molecule has 0 spiro atoms. The van der Waals surface area contributed by atoms with Crippen LogP contribution in [0.15, 0.2) is 96.4 Å². The SMILES string of the molecule is O=C(CNC(=O)c1ccc(-c2ccccc2)cc1)Nc1cccc(NC(=O)c2cccs2)c1. The summed E-state index contributed by atoms with van der Waals surface area (Å²) in [5, 5.41) is 9.98. The zero-order valence-electron chi connectivity index (χ0n) is 17.6. The van der Waals surface area contributed by atoms with Gasteiger partial charge in [0.05, 0.1) is 11.4 Å². The Balaban J connectivity index is 1.29. The number of carbonyl (C=O) groups is 3. The van der Waals surface area contributed by atoms with E-state index in [0.29, 0.717) is 21.8 Å². The molecular weight excluding hydrogens is 434 g/mol. The highest BCUT2D eigenvalue weighted by Crippen LogP contribution is 2.19. The average Bonchev–Trinajstić information content (AvgIpc) is 3.39. The largest absolute Gasteiger partial charge is 0.343 e. The highest BCUT2D eigenvalue weighted by molar-refractivity contribution is 7.12. The zero-order valence-corrected chi connectivity index (χ0v) is 18.4. The second kappa shape index (κ2) is 10.4. The molecule has 4 aromatic rings. The summed E-state index contributed by atoms with van der Waals surface area (Å²) < 4.78 is 0. The van der Waals surface area contributed by atoms with E-state index in [0.717, 1.165) is 11.1 Å². The summed E-state index contributed by atoms with van der Waals surface area (Å²) >= 11 is 1.35. The molecule has 0 aliphatic heterocycles. The molecule has 6 nitrogen and oxygen atoms in total. The first-order valence-corrected chi connectivity index (χ1v) is 11.1. The lowest BCUT2D eigenvalue weighted by atomic mass is 10.0. The van der Waals surface area contributed by atoms with E-state index in [4.69, 9.17) is 0 Å². The normalized spacial score (nSPS) is 10.3. The van der Waals surface area contributed by atoms with E-state index in [1.54, 1.807) is 42.5 Å². The molecule has 0 bridgehead atoms. The van der Waals surface area contributed by atoms with Crippen molar-refractivity contribution in [3.8, 4) is 11.1 Å². The molecule has 1 aromatic heterocycles. The van der Waals surface area contributed by atoms with Gasteiger partial charge in [-0.1, -0.05) is 54.6 Å². The van der Waals surface area contributed by atoms with E-state index in [1.165, 1.54) is 11.3 Å². The maximum Gasteiger partial charge on any atom is 0.265 e. The number of anilines is 2. The Hall–Kier alpha value is -4.23. The monoisotopic (exact) mass is 455 g/mol. The Morgan fingerprint density at radius 3 is 2.06 bits per heavy atom. The highest BCUT2D eigenvalue weighted by atomic mass is 32.1. The minimum absolute atomic E-state index is 0.176. The molecule has 4 rings (SSSR count). The molecule has 33 heavy (non-hydrogen) atoms. The van der Waals surface area contributed by atoms with E-state index < -0.39 is 0 Å². The van der Waals surface area contributed by atoms with E-state index in [1.807, 2.05) is 53.9 Å². The smallest absolute Gasteiger partial charge is 0.265 e. The summed E-state index contributed by atoms with van der Waals surface area (Å²) in [5.74, 6) is -0.910. The van der Waals surface area contributed by atoms with Crippen molar-refractivity contribution < 1.29 is 14.4 Å². The number of rotatable bonds is 7. The molecule has 1 heterocycles. The summed E-state index contributed by atoms with van der Waals surface area (Å²) in [6, 6.07) is 27.5. The molecule has 0 saturated carbocycles. The first kappa shape index (κ1) is 22.0. The van der Waals surface area contributed by atoms with Gasteiger partial charge in [0.1, 0.15) is 0 Å². The van der Waals surface area contributed by atoms with Gasteiger partial charge in [-0.15, -0.1) is 11.3 Å². The van der Waals surface area contributed by atoms with Crippen LogP contribution >= 0.6 is 11.3 Å². The molecule has 0 aliphatic rings. The van der Waals surface area contributed by atoms with Crippen molar-refractivity contribution in [1.82, 2.24) is 5.32 Å². The summed E-state index contributed by atoms with van der Waals surface area (Å²) in [7, 11) is 0. The van der Waals surface area contributed by atoms with Crippen LogP contribution in [-0.4, -0.2) is 24.3 Å². The molecule has 0 unspecified atom stereocenters. The number of hydrogen-bond acceptors (Lipinski definition) is 4. The number of hydrogen-bond donors (Lipinski definition) is 3. The van der Waals surface area contributed by atoms with Gasteiger partial charge in [0.25, 0.3) is 11.8 Å². The standard InChI is InChI=1S/C26H21N3O3S/c30-24(28-21-8-4-9-22(16-21)29-26(32)23-10-5-15-33-23)17-27-25(31)20-13-11-19(12-14-20)18-6-2-1-3-7-18/h1-16H,17H2,(H,27,31)(H,28,30)(H,29,32). The van der Waals surface area contributed by atoms with Crippen molar-refractivity contribution in [3.63, 3.8) is 0 Å². The quantitative estimate of drug-likeness (QED) is 0.365. The fraction of sp³-hybridized carbons (Fsp3) is 0.0385. The van der Waals surface area contributed by atoms with Gasteiger partial charge in [-0.05, 0) is 52.9 Å². The minimum Gasteiger partial charge on any atom is -0.343 e. The Morgan fingerprint density at radius 1 is 0.667 bits per heavy atom. The highest BCUT2D eigenvalue weighted by Gasteiger charge is 2.10. The van der Waals surface area contributed by atoms with Crippen molar-refractivity contribution in [2.24, 2.45) is 0 Å². The van der Waals surface area contributed by atoms with Crippen LogP contribution in [0.5, 0.6) is 0 Å². The number of thiophene rings is 1. The van der Waals surface area contributed by atoms with Gasteiger partial charge in [0.15, 0.2) is 0 Å². The van der Waals surface area contributed by atoms with Crippen LogP contribution in [0.3, 0.4) is 0 Å². The van der Waals surface area contributed by atoms with Gasteiger partial charge in [-0.25, -0.2) is 0 Å². The third-order valence-electron chi connectivity index (χ3n) is 4.81. The summed E-state index contributed by atoms with van der Waals surface area (Å²) in [5.41, 5.74) is 3.63. The van der Waals surface area contributed by atoms with Crippen LogP contribution in [-0.2, 0) is 4.79 Å². The first-order chi connectivity index (χ1) is 16.1. The van der Waals surface area contributed by atoms with Crippen molar-refractivity contribution in [2.45, 2.75) is 0 Å². The number of carbonyl (C=O) groups excluding carboxylic acids is 3. The van der Waals surface area contributed by atoms with Gasteiger partial charge in [0, 0.05) is 16.9 Å². The molecule has 0 atom stereocenters. The van der Waals surface area contributed by atoms with Crippen molar-refractivity contribution in [1.29, 1.82) is 0 Å². The Bertz CT molecular complexity index is 1250. The molecule has 164 valence electrons. The molecule has 0 fully saturated rings. The van der Waals surface area contributed by atoms with Crippen LogP contribution < -0.4 is 16.0 Å². The average molecular weight is 456 g/mol. The molecule has 3 amide bonds. The fourth-order valence-electron chi connectivity index (χ4n) is 3.19. The second-order valence-corrected chi connectivity index (χ2v) is 8.13. The molecule has 3 aromatic carbocycles. The summed E-state index contributed by atoms with van der Waals surface area (Å²) in [4.78, 5) is 37.5. The van der Waals surface area contributed by atoms with Gasteiger partial charge >= 0.3 is 0 Å². The van der Waals surface area contributed by atoms with E-state index in [9.17, 15) is 14.4 Å². The predicted molar refractivity (Wildman–Crippen MR) is 132 cm³/mol. The van der Waals surface area contributed by atoms with Gasteiger partial charge in [-0.3, -0.25) is 14.4 Å². The maximum atomic E-state index is 12.4. The molecule has 7 heteroatoms. The molecular formula is C26H21N3O3S. The fourth-order valence-corrected chi connectivity index (χ4v) is 3.81. The Morgan fingerprint density at radius 2 is 1.36 bits per heavy atom. The van der Waals surface area contributed by atoms with E-state index in [2.05, 4.69) is 16.0 Å². The third-order valence-corrected chi connectivity index (χ3v) is 5.68. The third kappa shape index (κ3) is 5.93. The molecule has 0 radical (unpaired) electrons. The van der Waals surface area contributed by atoms with Gasteiger partial charge < -0.3 is 16.0 Å². The van der Waals surface area contributed by atoms with Crippen LogP contribution in [0.4, 0.5) is 11.4 Å². The van der Waals surface area contributed by atoms with Crippen LogP contribution in [0.2, 0.25) is 0 Å². The van der Waals surface area contributed by atoms with Crippen molar-refractivity contribution in [3.05, 3.63) is 107 Å². The number of amides is 3. The second-order valence-electron chi connectivity index (χ2n) is 7.19. The molecule has 0 aliphatic carbocycles. The Labute approximate surface area is 195 Å². The van der Waals surface area contributed by atoms with Crippen molar-refractivity contribution >= 4 is 40.4 Å². The first-order valence-electron chi connectivity index (χ1n) is 10.3. The van der Waals surface area contributed by atoms with Crippen molar-refractivity contribution in [2.75, 3.05) is 17.2 Å². The number of benzene rings is 3. The topological polar surface area (TPSA) is 87.3 Å². The lowest BCUT2D eigenvalue weighted by molar-refractivity contribution is -0.115. The van der Waals surface area contributed by atoms with Gasteiger partial charge in [0.2, 0.25) is 5.91 Å². The van der Waals surface area contributed by atoms with Crippen LogP contribution in [0.1, 0.15) is 20.0 Å². The lowest BCUT2D eigenvalue weighted by Gasteiger charge is -2.10. The number of nitrogens with one attached hydrogen (secondary N) is 3. The molecule has 3 N–H and O–H groups in total. The zero-order chi connectivity index (χ0) is 23.0. The predicted octanol–water partition coefficient (Wildman–Crippen LogP) is 5.04. The minimum atomic E-state index is -0.369. The van der Waals surface area contributed by atoms with Gasteiger partial charge in [-0.2, -0.15) is 0 Å². The van der Waals surface area contributed by atoms with E-state index in [-0.39, 0.29) is 24.3 Å². The maximum absolute atomic E-state index is 12.4. The summed E-state index contributed by atoms with van der Waals surface area (Å²) in [6.45, 7) is -0.176. The van der Waals surface area contributed by atoms with Crippen LogP contribution in [0.25, 0.3) is 11.1 Å². The Kier molecular flexibility index (Phi) is 6.92. The lowest BCUT2D eigenvalue weighted by Crippen LogP contribution is -2.32. The summed E-state index contributed by atoms with van der Waals surface area (Å²) in [6.07, 6.45) is 0.